The number of rotatable bonds is 7. The molecule has 4 nitrogen and oxygen atoms in total. The van der Waals surface area contributed by atoms with Crippen molar-refractivity contribution in [3.63, 3.8) is 0 Å². The number of ether oxygens (including phenoxy) is 1. The highest BCUT2D eigenvalue weighted by molar-refractivity contribution is 9.10. The molecular weight excluding hydrogens is 318 g/mol. The van der Waals surface area contributed by atoms with Gasteiger partial charge in [0.25, 0.3) is 0 Å². The van der Waals surface area contributed by atoms with Crippen molar-refractivity contribution in [1.82, 2.24) is 4.72 Å². The molecule has 102 valence electrons. The van der Waals surface area contributed by atoms with Crippen molar-refractivity contribution in [3.8, 4) is 0 Å². The first-order valence-electron chi connectivity index (χ1n) is 5.81. The Kier molecular flexibility index (Phi) is 6.28. The summed E-state index contributed by atoms with van der Waals surface area (Å²) in [7, 11) is -3.44. The fourth-order valence-corrected chi connectivity index (χ4v) is 3.32. The summed E-state index contributed by atoms with van der Waals surface area (Å²) < 4.78 is 32.6. The molecule has 0 aromatic heterocycles. The van der Waals surface area contributed by atoms with Gasteiger partial charge in [0.1, 0.15) is 0 Å². The van der Waals surface area contributed by atoms with Gasteiger partial charge in [-0.3, -0.25) is 0 Å². The van der Waals surface area contributed by atoms with E-state index in [4.69, 9.17) is 4.74 Å². The molecule has 0 aliphatic rings. The molecule has 0 saturated heterocycles. The van der Waals surface area contributed by atoms with Crippen molar-refractivity contribution in [2.75, 3.05) is 19.8 Å². The molecule has 0 spiro atoms. The third-order valence-corrected chi connectivity index (χ3v) is 4.50. The highest BCUT2D eigenvalue weighted by atomic mass is 79.9. The van der Waals surface area contributed by atoms with Crippen LogP contribution in [-0.4, -0.2) is 28.2 Å². The van der Waals surface area contributed by atoms with E-state index in [1.807, 2.05) is 13.0 Å². The molecule has 0 amide bonds. The zero-order valence-corrected chi connectivity index (χ0v) is 13.0. The topological polar surface area (TPSA) is 55.4 Å². The molecule has 0 unspecified atom stereocenters. The Labute approximate surface area is 117 Å². The van der Waals surface area contributed by atoms with Crippen molar-refractivity contribution in [1.29, 1.82) is 0 Å². The van der Waals surface area contributed by atoms with Crippen LogP contribution in [0.25, 0.3) is 0 Å². The third-order valence-electron chi connectivity index (χ3n) is 2.40. The molecule has 1 aromatic rings. The molecule has 0 bridgehead atoms. The summed E-state index contributed by atoms with van der Waals surface area (Å²) >= 11 is 3.28. The predicted octanol–water partition coefficient (Wildman–Crippen LogP) is 2.46. The van der Waals surface area contributed by atoms with Gasteiger partial charge in [-0.05, 0) is 38.0 Å². The van der Waals surface area contributed by atoms with Crippen LogP contribution in [0.3, 0.4) is 0 Å². The number of hydrogen-bond donors (Lipinski definition) is 1. The van der Waals surface area contributed by atoms with Gasteiger partial charge in [0.2, 0.25) is 10.0 Å². The molecule has 0 atom stereocenters. The van der Waals surface area contributed by atoms with Gasteiger partial charge in [0.15, 0.2) is 0 Å². The minimum absolute atomic E-state index is 0.313. The zero-order valence-electron chi connectivity index (χ0n) is 10.6. The van der Waals surface area contributed by atoms with Crippen LogP contribution in [0.1, 0.15) is 18.9 Å². The molecule has 1 aromatic carbocycles. The molecule has 0 saturated carbocycles. The van der Waals surface area contributed by atoms with Gasteiger partial charge in [-0.1, -0.05) is 22.0 Å². The van der Waals surface area contributed by atoms with Crippen LogP contribution < -0.4 is 4.72 Å². The first-order valence-corrected chi connectivity index (χ1v) is 8.08. The fourth-order valence-electron chi connectivity index (χ4n) is 1.47. The van der Waals surface area contributed by atoms with Crippen LogP contribution in [0.2, 0.25) is 0 Å². The van der Waals surface area contributed by atoms with E-state index in [0.717, 1.165) is 10.0 Å². The highest BCUT2D eigenvalue weighted by Gasteiger charge is 2.16. The first-order chi connectivity index (χ1) is 8.47. The van der Waals surface area contributed by atoms with Crippen LogP contribution >= 0.6 is 15.9 Å². The van der Waals surface area contributed by atoms with Gasteiger partial charge in [-0.15, -0.1) is 0 Å². The molecule has 6 heteroatoms. The van der Waals surface area contributed by atoms with Crippen molar-refractivity contribution < 1.29 is 13.2 Å². The van der Waals surface area contributed by atoms with Crippen molar-refractivity contribution in [2.24, 2.45) is 0 Å². The average Bonchev–Trinajstić information content (AvgIpc) is 2.32. The van der Waals surface area contributed by atoms with Crippen LogP contribution in [-0.2, 0) is 14.8 Å². The number of benzene rings is 1. The molecule has 0 aliphatic heterocycles. The molecule has 0 fully saturated rings. The number of nitrogens with one attached hydrogen (secondary N) is 1. The SMILES string of the molecule is CCOCCCNS(=O)(=O)c1cc(Br)ccc1C. The quantitative estimate of drug-likeness (QED) is 0.778. The Morgan fingerprint density at radius 1 is 1.39 bits per heavy atom. The Bertz CT molecular complexity index is 488. The molecule has 0 radical (unpaired) electrons. The van der Waals surface area contributed by atoms with Gasteiger partial charge in [-0.2, -0.15) is 0 Å². The van der Waals surface area contributed by atoms with Gasteiger partial charge >= 0.3 is 0 Å². The smallest absolute Gasteiger partial charge is 0.240 e. The molecular formula is C12H18BrNO3S. The Morgan fingerprint density at radius 3 is 2.78 bits per heavy atom. The minimum atomic E-state index is -3.44. The van der Waals surface area contributed by atoms with Crippen LogP contribution in [0.5, 0.6) is 0 Å². The molecule has 0 heterocycles. The summed E-state index contributed by atoms with van der Waals surface area (Å²) in [6.45, 7) is 5.29. The predicted molar refractivity (Wildman–Crippen MR) is 75.2 cm³/mol. The fraction of sp³-hybridized carbons (Fsp3) is 0.500. The van der Waals surface area contributed by atoms with E-state index in [9.17, 15) is 8.42 Å². The normalized spacial score (nSPS) is 11.7. The molecule has 18 heavy (non-hydrogen) atoms. The lowest BCUT2D eigenvalue weighted by Crippen LogP contribution is -2.26. The second-order valence-corrected chi connectivity index (χ2v) is 6.51. The second-order valence-electron chi connectivity index (χ2n) is 3.86. The number of sulfonamides is 1. The largest absolute Gasteiger partial charge is 0.382 e. The molecule has 1 N–H and O–H groups in total. The second kappa shape index (κ2) is 7.23. The van der Waals surface area contributed by atoms with Crippen LogP contribution in [0, 0.1) is 6.92 Å². The molecule has 1 rings (SSSR count). The third kappa shape index (κ3) is 4.68. The van der Waals surface area contributed by atoms with E-state index < -0.39 is 10.0 Å². The van der Waals surface area contributed by atoms with E-state index in [2.05, 4.69) is 20.7 Å². The Morgan fingerprint density at radius 2 is 2.11 bits per heavy atom. The summed E-state index contributed by atoms with van der Waals surface area (Å²) in [6, 6.07) is 5.21. The Balaban J connectivity index is 2.66. The number of hydrogen-bond acceptors (Lipinski definition) is 3. The van der Waals surface area contributed by atoms with E-state index >= 15 is 0 Å². The zero-order chi connectivity index (χ0) is 13.6. The lowest BCUT2D eigenvalue weighted by atomic mass is 10.2. The van der Waals surface area contributed by atoms with E-state index in [1.54, 1.807) is 19.1 Å². The molecule has 0 aliphatic carbocycles. The number of halogens is 1. The maximum Gasteiger partial charge on any atom is 0.240 e. The summed E-state index contributed by atoms with van der Waals surface area (Å²) in [4.78, 5) is 0.313. The summed E-state index contributed by atoms with van der Waals surface area (Å²) in [6.07, 6.45) is 0.667. The van der Waals surface area contributed by atoms with Gasteiger partial charge < -0.3 is 4.74 Å². The van der Waals surface area contributed by atoms with Crippen molar-refractivity contribution in [2.45, 2.75) is 25.2 Å². The van der Waals surface area contributed by atoms with E-state index in [-0.39, 0.29) is 0 Å². The van der Waals surface area contributed by atoms with Crippen molar-refractivity contribution >= 4 is 26.0 Å². The van der Waals surface area contributed by atoms with Crippen LogP contribution in [0.15, 0.2) is 27.6 Å². The van der Waals surface area contributed by atoms with E-state index in [1.165, 1.54) is 0 Å². The lowest BCUT2D eigenvalue weighted by Gasteiger charge is -2.09. The summed E-state index contributed by atoms with van der Waals surface area (Å²) in [5, 5.41) is 0. The monoisotopic (exact) mass is 335 g/mol. The lowest BCUT2D eigenvalue weighted by molar-refractivity contribution is 0.146. The van der Waals surface area contributed by atoms with Gasteiger partial charge in [-0.25, -0.2) is 13.1 Å². The minimum Gasteiger partial charge on any atom is -0.382 e. The van der Waals surface area contributed by atoms with E-state index in [0.29, 0.717) is 31.1 Å². The van der Waals surface area contributed by atoms with Gasteiger partial charge in [0, 0.05) is 24.2 Å². The maximum absolute atomic E-state index is 12.1. The number of aryl methyl sites for hydroxylation is 1. The summed E-state index contributed by atoms with van der Waals surface area (Å²) in [5.41, 5.74) is 0.732. The van der Waals surface area contributed by atoms with Crippen molar-refractivity contribution in [3.05, 3.63) is 28.2 Å². The summed E-state index contributed by atoms with van der Waals surface area (Å²) in [5.74, 6) is 0. The maximum atomic E-state index is 12.1. The van der Waals surface area contributed by atoms with Gasteiger partial charge in [0.05, 0.1) is 4.90 Å². The highest BCUT2D eigenvalue weighted by Crippen LogP contribution is 2.20. The average molecular weight is 336 g/mol. The Hall–Kier alpha value is -0.430. The van der Waals surface area contributed by atoms with Crippen LogP contribution in [0.4, 0.5) is 0 Å². The standard InChI is InChI=1S/C12H18BrNO3S/c1-3-17-8-4-7-14-18(15,16)12-9-11(13)6-5-10(12)2/h5-6,9,14H,3-4,7-8H2,1-2H3. The first kappa shape index (κ1) is 15.6.